The van der Waals surface area contributed by atoms with E-state index in [9.17, 15) is 0 Å². The van der Waals surface area contributed by atoms with Gasteiger partial charge in [0, 0.05) is 18.2 Å². The molecule has 0 aliphatic heterocycles. The largest absolute Gasteiger partial charge is 0.496 e. The molecule has 2 nitrogen and oxygen atoms in total. The third-order valence-corrected chi connectivity index (χ3v) is 3.62. The quantitative estimate of drug-likeness (QED) is 0.846. The number of nitrogens with one attached hydrogen (secondary N) is 1. The minimum Gasteiger partial charge on any atom is -0.496 e. The van der Waals surface area contributed by atoms with Crippen LogP contribution >= 0.6 is 0 Å². The molecule has 0 heterocycles. The number of ether oxygens (including phenoxy) is 1. The summed E-state index contributed by atoms with van der Waals surface area (Å²) in [5.74, 6) is 0.943. The van der Waals surface area contributed by atoms with Crippen LogP contribution in [0, 0.1) is 6.92 Å². The van der Waals surface area contributed by atoms with Gasteiger partial charge >= 0.3 is 0 Å². The molecule has 0 amide bonds. The van der Waals surface area contributed by atoms with Gasteiger partial charge in [-0.05, 0) is 25.0 Å². The number of hydrogen-bond donors (Lipinski definition) is 1. The van der Waals surface area contributed by atoms with Crippen LogP contribution in [-0.2, 0) is 6.54 Å². The van der Waals surface area contributed by atoms with Crippen molar-refractivity contribution in [3.05, 3.63) is 65.2 Å². The van der Waals surface area contributed by atoms with E-state index in [4.69, 9.17) is 4.74 Å². The van der Waals surface area contributed by atoms with Crippen LogP contribution in [0.1, 0.15) is 36.1 Å². The second kappa shape index (κ2) is 7.11. The molecular formula is C18H23NO. The fraction of sp³-hybridized carbons (Fsp3) is 0.333. The molecule has 0 aliphatic carbocycles. The number of hydrogen-bond acceptors (Lipinski definition) is 2. The van der Waals surface area contributed by atoms with Crippen LogP contribution in [0.5, 0.6) is 5.75 Å². The predicted molar refractivity (Wildman–Crippen MR) is 84.0 cm³/mol. The van der Waals surface area contributed by atoms with E-state index in [1.165, 1.54) is 16.7 Å². The second-order valence-corrected chi connectivity index (χ2v) is 5.06. The minimum absolute atomic E-state index is 0.375. The minimum atomic E-state index is 0.375. The lowest BCUT2D eigenvalue weighted by atomic mass is 10.0. The van der Waals surface area contributed by atoms with Gasteiger partial charge in [0.1, 0.15) is 5.75 Å². The molecule has 1 N–H and O–H groups in total. The molecule has 0 aliphatic rings. The van der Waals surface area contributed by atoms with Crippen molar-refractivity contribution in [1.29, 1.82) is 0 Å². The van der Waals surface area contributed by atoms with Gasteiger partial charge in [0.15, 0.2) is 0 Å². The molecule has 0 aromatic heterocycles. The van der Waals surface area contributed by atoms with Gasteiger partial charge < -0.3 is 10.1 Å². The highest BCUT2D eigenvalue weighted by Gasteiger charge is 2.09. The van der Waals surface area contributed by atoms with Crippen molar-refractivity contribution < 1.29 is 4.74 Å². The molecule has 0 fully saturated rings. The Morgan fingerprint density at radius 1 is 1.05 bits per heavy atom. The Labute approximate surface area is 121 Å². The van der Waals surface area contributed by atoms with Gasteiger partial charge in [0.25, 0.3) is 0 Å². The maximum atomic E-state index is 5.39. The topological polar surface area (TPSA) is 21.3 Å². The smallest absolute Gasteiger partial charge is 0.123 e. The lowest BCUT2D eigenvalue weighted by Gasteiger charge is -2.18. The average molecular weight is 269 g/mol. The first kappa shape index (κ1) is 14.6. The molecular weight excluding hydrogens is 246 g/mol. The van der Waals surface area contributed by atoms with Gasteiger partial charge in [0.05, 0.1) is 7.11 Å². The Kier molecular flexibility index (Phi) is 5.19. The van der Waals surface area contributed by atoms with Gasteiger partial charge in [-0.25, -0.2) is 0 Å². The van der Waals surface area contributed by atoms with Crippen molar-refractivity contribution in [2.75, 3.05) is 7.11 Å². The molecule has 0 radical (unpaired) electrons. The highest BCUT2D eigenvalue weighted by molar-refractivity contribution is 5.33. The summed E-state index contributed by atoms with van der Waals surface area (Å²) in [4.78, 5) is 0. The summed E-state index contributed by atoms with van der Waals surface area (Å²) in [6.07, 6.45) is 1.07. The Hall–Kier alpha value is -1.80. The van der Waals surface area contributed by atoms with Crippen LogP contribution in [0.4, 0.5) is 0 Å². The fourth-order valence-electron chi connectivity index (χ4n) is 2.38. The molecule has 2 aromatic rings. The molecule has 0 saturated heterocycles. The standard InChI is InChI=1S/C18H23NO/c1-4-17(15-11-9-14(2)10-12-15)19-13-16-7-5-6-8-18(16)20-3/h5-12,17,19H,4,13H2,1-3H3. The molecule has 1 atom stereocenters. The second-order valence-electron chi connectivity index (χ2n) is 5.06. The van der Waals surface area contributed by atoms with E-state index in [1.54, 1.807) is 7.11 Å². The number of rotatable bonds is 6. The number of methoxy groups -OCH3 is 1. The first-order valence-corrected chi connectivity index (χ1v) is 7.16. The third kappa shape index (κ3) is 3.61. The summed E-state index contributed by atoms with van der Waals surface area (Å²) in [6, 6.07) is 17.3. The molecule has 2 aromatic carbocycles. The van der Waals surface area contributed by atoms with E-state index < -0.39 is 0 Å². The van der Waals surface area contributed by atoms with Gasteiger partial charge in [-0.15, -0.1) is 0 Å². The Balaban J connectivity index is 2.05. The number of aryl methyl sites for hydroxylation is 1. The zero-order chi connectivity index (χ0) is 14.4. The molecule has 20 heavy (non-hydrogen) atoms. The van der Waals surface area contributed by atoms with E-state index in [0.29, 0.717) is 6.04 Å². The van der Waals surface area contributed by atoms with Crippen molar-refractivity contribution in [1.82, 2.24) is 5.32 Å². The van der Waals surface area contributed by atoms with Crippen LogP contribution in [0.2, 0.25) is 0 Å². The van der Waals surface area contributed by atoms with Crippen LogP contribution in [-0.4, -0.2) is 7.11 Å². The summed E-state index contributed by atoms with van der Waals surface area (Å²) in [7, 11) is 1.72. The van der Waals surface area contributed by atoms with Gasteiger partial charge in [-0.2, -0.15) is 0 Å². The van der Waals surface area contributed by atoms with E-state index in [-0.39, 0.29) is 0 Å². The van der Waals surface area contributed by atoms with E-state index in [1.807, 2.05) is 18.2 Å². The number of para-hydroxylation sites is 1. The molecule has 2 heteroatoms. The van der Waals surface area contributed by atoms with E-state index in [2.05, 4.69) is 49.5 Å². The molecule has 1 unspecified atom stereocenters. The van der Waals surface area contributed by atoms with Crippen molar-refractivity contribution >= 4 is 0 Å². The van der Waals surface area contributed by atoms with E-state index >= 15 is 0 Å². The zero-order valence-corrected chi connectivity index (χ0v) is 12.5. The normalized spacial score (nSPS) is 12.2. The highest BCUT2D eigenvalue weighted by Crippen LogP contribution is 2.21. The van der Waals surface area contributed by atoms with Crippen LogP contribution in [0.3, 0.4) is 0 Å². The molecule has 2 rings (SSSR count). The van der Waals surface area contributed by atoms with Crippen LogP contribution < -0.4 is 10.1 Å². The monoisotopic (exact) mass is 269 g/mol. The van der Waals surface area contributed by atoms with E-state index in [0.717, 1.165) is 18.7 Å². The Bertz CT molecular complexity index is 533. The van der Waals surface area contributed by atoms with Crippen LogP contribution in [0.15, 0.2) is 48.5 Å². The molecule has 0 saturated carbocycles. The fourth-order valence-corrected chi connectivity index (χ4v) is 2.38. The summed E-state index contributed by atoms with van der Waals surface area (Å²) < 4.78 is 5.39. The van der Waals surface area contributed by atoms with Gasteiger partial charge in [-0.1, -0.05) is 55.0 Å². The highest BCUT2D eigenvalue weighted by atomic mass is 16.5. The van der Waals surface area contributed by atoms with Crippen molar-refractivity contribution in [2.24, 2.45) is 0 Å². The Morgan fingerprint density at radius 2 is 1.75 bits per heavy atom. The maximum Gasteiger partial charge on any atom is 0.123 e. The summed E-state index contributed by atoms with van der Waals surface area (Å²) in [5.41, 5.74) is 3.84. The first-order chi connectivity index (χ1) is 9.74. The predicted octanol–water partition coefficient (Wildman–Crippen LogP) is 4.24. The summed E-state index contributed by atoms with van der Waals surface area (Å²) in [6.45, 7) is 5.14. The lowest BCUT2D eigenvalue weighted by molar-refractivity contribution is 0.404. The molecule has 0 bridgehead atoms. The maximum absolute atomic E-state index is 5.39. The van der Waals surface area contributed by atoms with Crippen molar-refractivity contribution in [3.8, 4) is 5.75 Å². The molecule has 0 spiro atoms. The van der Waals surface area contributed by atoms with Gasteiger partial charge in [0.2, 0.25) is 0 Å². The van der Waals surface area contributed by atoms with Crippen molar-refractivity contribution in [3.63, 3.8) is 0 Å². The Morgan fingerprint density at radius 3 is 2.40 bits per heavy atom. The van der Waals surface area contributed by atoms with Crippen LogP contribution in [0.25, 0.3) is 0 Å². The number of benzene rings is 2. The van der Waals surface area contributed by atoms with Crippen molar-refractivity contribution in [2.45, 2.75) is 32.9 Å². The van der Waals surface area contributed by atoms with Gasteiger partial charge in [-0.3, -0.25) is 0 Å². The summed E-state index contributed by atoms with van der Waals surface area (Å²) >= 11 is 0. The third-order valence-electron chi connectivity index (χ3n) is 3.62. The average Bonchev–Trinajstić information content (AvgIpc) is 2.50. The first-order valence-electron chi connectivity index (χ1n) is 7.16. The lowest BCUT2D eigenvalue weighted by Crippen LogP contribution is -2.20. The zero-order valence-electron chi connectivity index (χ0n) is 12.5. The summed E-state index contributed by atoms with van der Waals surface area (Å²) in [5, 5.41) is 3.62. The molecule has 106 valence electrons. The SMILES string of the molecule is CCC(NCc1ccccc1OC)c1ccc(C)cc1.